The van der Waals surface area contributed by atoms with Gasteiger partial charge >= 0.3 is 0 Å². The molecule has 0 amide bonds. The van der Waals surface area contributed by atoms with E-state index >= 15 is 0 Å². The number of benzene rings is 1. The zero-order chi connectivity index (χ0) is 9.84. The molecule has 0 aromatic heterocycles. The summed E-state index contributed by atoms with van der Waals surface area (Å²) in [7, 11) is 0. The van der Waals surface area contributed by atoms with Crippen molar-refractivity contribution in [1.29, 1.82) is 0 Å². The quantitative estimate of drug-likeness (QED) is 0.620. The predicted molar refractivity (Wildman–Crippen MR) is 51.9 cm³/mol. The molecule has 3 heteroatoms. The lowest BCUT2D eigenvalue weighted by Crippen LogP contribution is -2.04. The fraction of sp³-hybridized carbons (Fsp3) is 0.400. The van der Waals surface area contributed by atoms with Gasteiger partial charge in [0.05, 0.1) is 0 Å². The molecule has 0 bridgehead atoms. The van der Waals surface area contributed by atoms with Crippen LogP contribution in [0, 0.1) is 0 Å². The van der Waals surface area contributed by atoms with Crippen LogP contribution in [0.1, 0.15) is 24.8 Å². The molecule has 1 aromatic carbocycles. The lowest BCUT2D eigenvalue weighted by Gasteiger charge is -2.12. The summed E-state index contributed by atoms with van der Waals surface area (Å²) in [6.45, 7) is 2.55. The Bertz CT molecular complexity index is 286. The molecule has 0 aliphatic heterocycles. The largest absolute Gasteiger partial charge is 0.508 e. The maximum atomic E-state index is 9.48. The number of aromatic hydroxyl groups is 2. The van der Waals surface area contributed by atoms with Crippen LogP contribution >= 0.6 is 0 Å². The molecule has 0 aliphatic rings. The van der Waals surface area contributed by atoms with Crippen molar-refractivity contribution >= 4 is 0 Å². The average Bonchev–Trinajstić information content (AvgIpc) is 2.09. The number of phenolic OH excluding ortho intramolecular Hbond substituents is 2. The molecule has 0 spiro atoms. The van der Waals surface area contributed by atoms with Crippen LogP contribution in [0.25, 0.3) is 0 Å². The zero-order valence-electron chi connectivity index (χ0n) is 7.70. The molecular formula is C10H15NO2. The summed E-state index contributed by atoms with van der Waals surface area (Å²) in [5, 5.41) is 18.7. The lowest BCUT2D eigenvalue weighted by atomic mass is 9.97. The second-order valence-corrected chi connectivity index (χ2v) is 3.22. The van der Waals surface area contributed by atoms with Gasteiger partial charge in [0, 0.05) is 5.56 Å². The van der Waals surface area contributed by atoms with Crippen molar-refractivity contribution in [3.8, 4) is 11.5 Å². The fourth-order valence-corrected chi connectivity index (χ4v) is 1.34. The summed E-state index contributed by atoms with van der Waals surface area (Å²) in [4.78, 5) is 0. The molecule has 1 aromatic rings. The molecule has 1 rings (SSSR count). The van der Waals surface area contributed by atoms with Crippen LogP contribution in [0.5, 0.6) is 11.5 Å². The van der Waals surface area contributed by atoms with Crippen LogP contribution in [0.15, 0.2) is 18.2 Å². The van der Waals surface area contributed by atoms with E-state index in [1.54, 1.807) is 6.07 Å². The predicted octanol–water partition coefficient (Wildman–Crippen LogP) is 1.55. The molecule has 0 heterocycles. The number of phenols is 2. The molecule has 0 fully saturated rings. The first-order valence-corrected chi connectivity index (χ1v) is 4.37. The monoisotopic (exact) mass is 181 g/mol. The molecule has 0 aliphatic carbocycles. The van der Waals surface area contributed by atoms with E-state index in [0.717, 1.165) is 12.0 Å². The van der Waals surface area contributed by atoms with Gasteiger partial charge in [-0.2, -0.15) is 0 Å². The normalized spacial score (nSPS) is 12.8. The van der Waals surface area contributed by atoms with E-state index in [9.17, 15) is 10.2 Å². The second-order valence-electron chi connectivity index (χ2n) is 3.22. The smallest absolute Gasteiger partial charge is 0.119 e. The Morgan fingerprint density at radius 1 is 1.38 bits per heavy atom. The number of rotatable bonds is 3. The first kappa shape index (κ1) is 9.86. The summed E-state index contributed by atoms with van der Waals surface area (Å²) in [6, 6.07) is 4.54. The molecule has 13 heavy (non-hydrogen) atoms. The van der Waals surface area contributed by atoms with Crippen molar-refractivity contribution < 1.29 is 10.2 Å². The second kappa shape index (κ2) is 4.14. The Kier molecular flexibility index (Phi) is 3.14. The van der Waals surface area contributed by atoms with Crippen LogP contribution < -0.4 is 5.73 Å². The summed E-state index contributed by atoms with van der Waals surface area (Å²) in [5.74, 6) is 0.576. The SMILES string of the molecule is CC(CCN)c1cc(O)ccc1O. The highest BCUT2D eigenvalue weighted by Crippen LogP contribution is 2.30. The minimum absolute atomic E-state index is 0.177. The first-order chi connectivity index (χ1) is 6.15. The highest BCUT2D eigenvalue weighted by Gasteiger charge is 2.09. The van der Waals surface area contributed by atoms with Crippen molar-refractivity contribution in [2.75, 3.05) is 6.54 Å². The molecule has 4 N–H and O–H groups in total. The molecule has 72 valence electrons. The van der Waals surface area contributed by atoms with Crippen molar-refractivity contribution in [1.82, 2.24) is 0 Å². The van der Waals surface area contributed by atoms with Crippen molar-refractivity contribution in [3.63, 3.8) is 0 Å². The van der Waals surface area contributed by atoms with Crippen molar-refractivity contribution in [2.24, 2.45) is 5.73 Å². The average molecular weight is 181 g/mol. The van der Waals surface area contributed by atoms with Gasteiger partial charge in [0.2, 0.25) is 0 Å². The van der Waals surface area contributed by atoms with Gasteiger partial charge in [-0.15, -0.1) is 0 Å². The van der Waals surface area contributed by atoms with E-state index in [4.69, 9.17) is 5.73 Å². The Morgan fingerprint density at radius 2 is 2.08 bits per heavy atom. The summed E-state index contributed by atoms with van der Waals surface area (Å²) < 4.78 is 0. The number of nitrogens with two attached hydrogens (primary N) is 1. The van der Waals surface area contributed by atoms with E-state index < -0.39 is 0 Å². The Balaban J connectivity index is 2.91. The van der Waals surface area contributed by atoms with E-state index in [0.29, 0.717) is 6.54 Å². The van der Waals surface area contributed by atoms with E-state index in [1.165, 1.54) is 12.1 Å². The Labute approximate surface area is 77.8 Å². The molecule has 1 atom stereocenters. The third-order valence-electron chi connectivity index (χ3n) is 2.14. The maximum absolute atomic E-state index is 9.48. The van der Waals surface area contributed by atoms with Gasteiger partial charge in [-0.05, 0) is 37.1 Å². The Morgan fingerprint density at radius 3 is 2.69 bits per heavy atom. The van der Waals surface area contributed by atoms with Gasteiger partial charge in [0.25, 0.3) is 0 Å². The van der Waals surface area contributed by atoms with Crippen LogP contribution in [0.2, 0.25) is 0 Å². The number of hydrogen-bond acceptors (Lipinski definition) is 3. The Hall–Kier alpha value is -1.22. The lowest BCUT2D eigenvalue weighted by molar-refractivity contribution is 0.448. The molecule has 1 unspecified atom stereocenters. The minimum Gasteiger partial charge on any atom is -0.508 e. The van der Waals surface area contributed by atoms with Gasteiger partial charge in [0.15, 0.2) is 0 Å². The molecular weight excluding hydrogens is 166 g/mol. The van der Waals surface area contributed by atoms with Gasteiger partial charge in [0.1, 0.15) is 11.5 Å². The van der Waals surface area contributed by atoms with E-state index in [-0.39, 0.29) is 17.4 Å². The van der Waals surface area contributed by atoms with Gasteiger partial charge < -0.3 is 15.9 Å². The van der Waals surface area contributed by atoms with E-state index in [1.807, 2.05) is 6.92 Å². The van der Waals surface area contributed by atoms with Gasteiger partial charge in [-0.1, -0.05) is 6.92 Å². The summed E-state index contributed by atoms with van der Waals surface area (Å²) in [5.41, 5.74) is 6.17. The molecule has 0 saturated heterocycles. The standard InChI is InChI=1S/C10H15NO2/c1-7(4-5-11)9-6-8(12)2-3-10(9)13/h2-3,6-7,12-13H,4-5,11H2,1H3. The third-order valence-corrected chi connectivity index (χ3v) is 2.14. The maximum Gasteiger partial charge on any atom is 0.119 e. The van der Waals surface area contributed by atoms with E-state index in [2.05, 4.69) is 0 Å². The third kappa shape index (κ3) is 2.36. The highest BCUT2D eigenvalue weighted by molar-refractivity contribution is 5.40. The number of hydrogen-bond donors (Lipinski definition) is 3. The molecule has 0 saturated carbocycles. The first-order valence-electron chi connectivity index (χ1n) is 4.37. The zero-order valence-corrected chi connectivity index (χ0v) is 7.70. The van der Waals surface area contributed by atoms with Crippen molar-refractivity contribution in [2.45, 2.75) is 19.3 Å². The van der Waals surface area contributed by atoms with Crippen LogP contribution in [0.3, 0.4) is 0 Å². The van der Waals surface area contributed by atoms with Crippen LogP contribution in [0.4, 0.5) is 0 Å². The minimum atomic E-state index is 0.177. The van der Waals surface area contributed by atoms with Crippen LogP contribution in [-0.4, -0.2) is 16.8 Å². The topological polar surface area (TPSA) is 66.5 Å². The molecule has 0 radical (unpaired) electrons. The highest BCUT2D eigenvalue weighted by atomic mass is 16.3. The van der Waals surface area contributed by atoms with Crippen molar-refractivity contribution in [3.05, 3.63) is 23.8 Å². The van der Waals surface area contributed by atoms with Crippen LogP contribution in [-0.2, 0) is 0 Å². The van der Waals surface area contributed by atoms with Gasteiger partial charge in [-0.25, -0.2) is 0 Å². The fourth-order valence-electron chi connectivity index (χ4n) is 1.34. The summed E-state index contributed by atoms with van der Waals surface area (Å²) in [6.07, 6.45) is 0.803. The van der Waals surface area contributed by atoms with Gasteiger partial charge in [-0.3, -0.25) is 0 Å². The summed E-state index contributed by atoms with van der Waals surface area (Å²) >= 11 is 0. The molecule has 3 nitrogen and oxygen atoms in total.